The molecule has 1 unspecified atom stereocenters. The van der Waals surface area contributed by atoms with Gasteiger partial charge in [0.1, 0.15) is 17.2 Å². The summed E-state index contributed by atoms with van der Waals surface area (Å²) in [6, 6.07) is 12.2. The molecule has 3 nitrogen and oxygen atoms in total. The predicted molar refractivity (Wildman–Crippen MR) is 98.4 cm³/mol. The monoisotopic (exact) mass is 343 g/mol. The van der Waals surface area contributed by atoms with Crippen LogP contribution in [0.25, 0.3) is 0 Å². The summed E-state index contributed by atoms with van der Waals surface area (Å²) in [6.07, 6.45) is 0.389. The number of ether oxygens (including phenoxy) is 2. The van der Waals surface area contributed by atoms with Gasteiger partial charge in [-0.2, -0.15) is 0 Å². The molecule has 1 aliphatic rings. The van der Waals surface area contributed by atoms with Crippen LogP contribution in [0.3, 0.4) is 0 Å². The van der Waals surface area contributed by atoms with Crippen molar-refractivity contribution in [3.05, 3.63) is 58.7 Å². The van der Waals surface area contributed by atoms with Gasteiger partial charge in [-0.05, 0) is 48.7 Å². The molecule has 134 valence electrons. The second-order valence-electron chi connectivity index (χ2n) is 7.22. The van der Waals surface area contributed by atoms with Gasteiger partial charge >= 0.3 is 0 Å². The summed E-state index contributed by atoms with van der Waals surface area (Å²) in [4.78, 5) is 0. The highest BCUT2D eigenvalue weighted by Gasteiger charge is 2.26. The fraction of sp³-hybridized carbons (Fsp3) is 0.429. The Balaban J connectivity index is 2.03. The van der Waals surface area contributed by atoms with E-state index >= 15 is 0 Å². The molecule has 1 atom stereocenters. The molecular weight excluding hydrogens is 317 g/mol. The first-order chi connectivity index (χ1) is 11.9. The average Bonchev–Trinajstić information content (AvgIpc) is 2.59. The average molecular weight is 343 g/mol. The van der Waals surface area contributed by atoms with E-state index in [0.29, 0.717) is 6.42 Å². The maximum absolute atomic E-state index is 14.1. The zero-order valence-electron chi connectivity index (χ0n) is 15.4. The van der Waals surface area contributed by atoms with E-state index in [9.17, 15) is 4.39 Å². The third-order valence-corrected chi connectivity index (χ3v) is 4.68. The molecule has 0 fully saturated rings. The molecule has 3 rings (SSSR count). The highest BCUT2D eigenvalue weighted by Crippen LogP contribution is 2.37. The van der Waals surface area contributed by atoms with Gasteiger partial charge in [-0.1, -0.05) is 18.2 Å². The molecule has 2 aromatic rings. The Morgan fingerprint density at radius 1 is 1.08 bits per heavy atom. The summed E-state index contributed by atoms with van der Waals surface area (Å²) in [5.41, 5.74) is 3.36. The summed E-state index contributed by atoms with van der Waals surface area (Å²) >= 11 is 0. The molecule has 1 heterocycles. The van der Waals surface area contributed by atoms with Crippen LogP contribution >= 0.6 is 0 Å². The maximum Gasteiger partial charge on any atom is 0.122 e. The lowest BCUT2D eigenvalue weighted by atomic mass is 9.83. The fourth-order valence-corrected chi connectivity index (χ4v) is 3.59. The lowest BCUT2D eigenvalue weighted by Crippen LogP contribution is -2.29. The number of nitrogens with one attached hydrogen (secondary N) is 1. The van der Waals surface area contributed by atoms with Crippen molar-refractivity contribution in [2.24, 2.45) is 0 Å². The molecule has 25 heavy (non-hydrogen) atoms. The molecule has 0 spiro atoms. The number of rotatable bonds is 5. The van der Waals surface area contributed by atoms with E-state index in [1.54, 1.807) is 28.1 Å². The van der Waals surface area contributed by atoms with Crippen molar-refractivity contribution in [2.45, 2.75) is 38.4 Å². The van der Waals surface area contributed by atoms with E-state index < -0.39 is 5.67 Å². The van der Waals surface area contributed by atoms with Crippen molar-refractivity contribution in [3.8, 4) is 11.5 Å². The number of hydrogen-bond acceptors (Lipinski definition) is 3. The molecule has 4 heteroatoms. The Kier molecular flexibility index (Phi) is 5.00. The summed E-state index contributed by atoms with van der Waals surface area (Å²) in [7, 11) is 3.36. The number of hydrogen-bond donors (Lipinski definition) is 1. The SMILES string of the molecule is COc1ccc2c(c1)CNCC2c1cc(CC(C)(C)F)ccc1OC. The van der Waals surface area contributed by atoms with Crippen LogP contribution in [0.1, 0.15) is 42.0 Å². The van der Waals surface area contributed by atoms with Gasteiger partial charge in [-0.3, -0.25) is 0 Å². The molecule has 2 aromatic carbocycles. The Morgan fingerprint density at radius 3 is 2.56 bits per heavy atom. The topological polar surface area (TPSA) is 30.5 Å². The summed E-state index contributed by atoms with van der Waals surface area (Å²) < 4.78 is 25.0. The highest BCUT2D eigenvalue weighted by atomic mass is 19.1. The van der Waals surface area contributed by atoms with E-state index in [2.05, 4.69) is 23.5 Å². The molecule has 0 saturated carbocycles. The number of halogens is 1. The number of benzene rings is 2. The normalized spacial score (nSPS) is 17.1. The molecule has 0 aliphatic carbocycles. The van der Waals surface area contributed by atoms with Gasteiger partial charge in [0.25, 0.3) is 0 Å². The summed E-state index contributed by atoms with van der Waals surface area (Å²) in [5, 5.41) is 3.47. The van der Waals surface area contributed by atoms with Crippen LogP contribution in [0.4, 0.5) is 4.39 Å². The highest BCUT2D eigenvalue weighted by molar-refractivity contribution is 5.49. The molecule has 0 aromatic heterocycles. The van der Waals surface area contributed by atoms with Crippen LogP contribution in [0.5, 0.6) is 11.5 Å². The minimum Gasteiger partial charge on any atom is -0.497 e. The first-order valence-electron chi connectivity index (χ1n) is 8.64. The molecule has 1 aliphatic heterocycles. The van der Waals surface area contributed by atoms with Crippen molar-refractivity contribution >= 4 is 0 Å². The van der Waals surface area contributed by atoms with Crippen LogP contribution in [0.15, 0.2) is 36.4 Å². The number of fused-ring (bicyclic) bond motifs is 1. The predicted octanol–water partition coefficient (Wildman–Crippen LogP) is 4.23. The van der Waals surface area contributed by atoms with Gasteiger partial charge in [-0.25, -0.2) is 4.39 Å². The first-order valence-corrected chi connectivity index (χ1v) is 8.64. The van der Waals surface area contributed by atoms with Crippen LogP contribution in [-0.2, 0) is 13.0 Å². The van der Waals surface area contributed by atoms with E-state index in [1.165, 1.54) is 11.1 Å². The number of methoxy groups -OCH3 is 2. The Labute approximate surface area is 149 Å². The first kappa shape index (κ1) is 17.7. The van der Waals surface area contributed by atoms with Crippen LogP contribution in [0.2, 0.25) is 0 Å². The van der Waals surface area contributed by atoms with Gasteiger partial charge < -0.3 is 14.8 Å². The second-order valence-corrected chi connectivity index (χ2v) is 7.22. The smallest absolute Gasteiger partial charge is 0.122 e. The third-order valence-electron chi connectivity index (χ3n) is 4.68. The quantitative estimate of drug-likeness (QED) is 0.881. The lowest BCUT2D eigenvalue weighted by molar-refractivity contribution is 0.217. The standard InChI is InChI=1S/C21H26FNO2/c1-21(2,22)11-14-5-8-20(25-4)18(9-14)19-13-23-12-15-10-16(24-3)6-7-17(15)19/h5-10,19,23H,11-13H2,1-4H3. The lowest BCUT2D eigenvalue weighted by Gasteiger charge is -2.29. The van der Waals surface area contributed by atoms with Crippen molar-refractivity contribution in [1.29, 1.82) is 0 Å². The third kappa shape index (κ3) is 3.96. The zero-order valence-corrected chi connectivity index (χ0v) is 15.4. The molecule has 0 radical (unpaired) electrons. The molecule has 0 amide bonds. The molecule has 0 saturated heterocycles. The number of alkyl halides is 1. The van der Waals surface area contributed by atoms with E-state index in [1.807, 2.05) is 18.2 Å². The van der Waals surface area contributed by atoms with Crippen LogP contribution in [-0.4, -0.2) is 26.4 Å². The molecular formula is C21H26FNO2. The van der Waals surface area contributed by atoms with Crippen LogP contribution < -0.4 is 14.8 Å². The van der Waals surface area contributed by atoms with Gasteiger partial charge in [0.2, 0.25) is 0 Å². The summed E-state index contributed by atoms with van der Waals surface area (Å²) in [6.45, 7) is 4.88. The van der Waals surface area contributed by atoms with Crippen molar-refractivity contribution in [1.82, 2.24) is 5.32 Å². The summed E-state index contributed by atoms with van der Waals surface area (Å²) in [5.74, 6) is 1.88. The van der Waals surface area contributed by atoms with Crippen LogP contribution in [0, 0.1) is 0 Å². The van der Waals surface area contributed by atoms with Crippen molar-refractivity contribution < 1.29 is 13.9 Å². The molecule has 1 N–H and O–H groups in total. The Hall–Kier alpha value is -2.07. The van der Waals surface area contributed by atoms with Gasteiger partial charge in [0.15, 0.2) is 0 Å². The largest absolute Gasteiger partial charge is 0.497 e. The molecule has 0 bridgehead atoms. The second kappa shape index (κ2) is 7.04. The zero-order chi connectivity index (χ0) is 18.0. The fourth-order valence-electron chi connectivity index (χ4n) is 3.59. The van der Waals surface area contributed by atoms with Gasteiger partial charge in [0, 0.05) is 31.0 Å². The van der Waals surface area contributed by atoms with E-state index in [0.717, 1.165) is 35.7 Å². The van der Waals surface area contributed by atoms with E-state index in [4.69, 9.17) is 9.47 Å². The van der Waals surface area contributed by atoms with Gasteiger partial charge in [-0.15, -0.1) is 0 Å². The minimum absolute atomic E-state index is 0.173. The minimum atomic E-state index is -1.23. The van der Waals surface area contributed by atoms with Gasteiger partial charge in [0.05, 0.1) is 14.2 Å². The van der Waals surface area contributed by atoms with E-state index in [-0.39, 0.29) is 5.92 Å². The Morgan fingerprint density at radius 2 is 1.88 bits per heavy atom. The van der Waals surface area contributed by atoms with Crippen molar-refractivity contribution in [3.63, 3.8) is 0 Å². The van der Waals surface area contributed by atoms with Crippen molar-refractivity contribution in [2.75, 3.05) is 20.8 Å². The Bertz CT molecular complexity index is 752. The maximum atomic E-state index is 14.1.